The van der Waals surface area contributed by atoms with E-state index in [0.717, 1.165) is 74.0 Å². The number of carbonyl (C=O) groups is 6. The molecule has 4 aliphatic rings. The van der Waals surface area contributed by atoms with Crippen LogP contribution in [0, 0.1) is 47.4 Å². The van der Waals surface area contributed by atoms with Crippen molar-refractivity contribution >= 4 is 69.6 Å². The summed E-state index contributed by atoms with van der Waals surface area (Å²) in [6.07, 6.45) is 6.85. The molecule has 4 heterocycles. The smallest absolute Gasteiger partial charge is 0.350 e. The molecule has 1 N–H and O–H groups in total. The summed E-state index contributed by atoms with van der Waals surface area (Å²) < 4.78 is 26.4. The first kappa shape index (κ1) is 55.1. The minimum atomic E-state index is -1.15. The van der Waals surface area contributed by atoms with Crippen molar-refractivity contribution in [3.63, 3.8) is 0 Å². The molecule has 0 atom stereocenters. The second-order valence-electron chi connectivity index (χ2n) is 19.1. The fraction of sp³-hybridized carbons (Fsp3) is 0.647. The Bertz CT molecular complexity index is 2250. The number of ether oxygens (including phenoxy) is 5. The van der Waals surface area contributed by atoms with Gasteiger partial charge in [-0.1, -0.05) is 37.5 Å². The lowest BCUT2D eigenvalue weighted by Gasteiger charge is -2.33. The van der Waals surface area contributed by atoms with Crippen LogP contribution in [-0.4, -0.2) is 149 Å². The molecule has 18 heteroatoms. The number of rotatable bonds is 12. The van der Waals surface area contributed by atoms with Gasteiger partial charge >= 0.3 is 11.9 Å². The number of nitrogens with zero attached hydrogens (tertiary/aromatic N) is 4. The Labute approximate surface area is 415 Å². The van der Waals surface area contributed by atoms with Gasteiger partial charge in [0.05, 0.1) is 54.7 Å². The quantitative estimate of drug-likeness (QED) is 0.179. The Morgan fingerprint density at radius 3 is 1.35 bits per heavy atom. The van der Waals surface area contributed by atoms with Crippen LogP contribution >= 0.6 is 22.7 Å². The van der Waals surface area contributed by atoms with Gasteiger partial charge in [0.25, 0.3) is 0 Å². The summed E-state index contributed by atoms with van der Waals surface area (Å²) in [5.74, 6) is 10.4. The van der Waals surface area contributed by atoms with Crippen molar-refractivity contribution in [2.75, 3.05) is 96.8 Å². The van der Waals surface area contributed by atoms with Crippen molar-refractivity contribution in [1.82, 2.24) is 9.80 Å². The number of carboxylic acids is 1. The molecule has 2 aromatic rings. The summed E-state index contributed by atoms with van der Waals surface area (Å²) in [5, 5.41) is 9.90. The highest BCUT2D eigenvalue weighted by molar-refractivity contribution is 7.15. The standard InChI is InChI=1S/C26H36N2O6S.C25H34N2O6S/c1-18-6-8-19(9-7-18)24(30)28(17-22(29)27-12-14-34-15-13-27)21-16-20(10-11-26(2,3)33-5)35-23(21)25(31)32-4;1-17-5-7-18(8-6-17)23(29)27(16-21(28)26-11-13-33-14-12-26)20-15-19(34-22(20)24(30)31)9-10-25(2,3)32-4/h16,18-19H,6-9,12-15,17H2,1-5H3;15,17-18H,5-8,11-14,16H2,1-4H3,(H,30,31). The van der Waals surface area contributed by atoms with Crippen LogP contribution in [0.4, 0.5) is 11.4 Å². The topological polar surface area (TPSA) is 182 Å². The number of thiophene rings is 2. The van der Waals surface area contributed by atoms with Gasteiger partial charge in [0.1, 0.15) is 34.0 Å². The average Bonchev–Trinajstić information content (AvgIpc) is 3.99. The predicted octanol–water partition coefficient (Wildman–Crippen LogP) is 6.57. The zero-order chi connectivity index (χ0) is 50.5. The zero-order valence-electron chi connectivity index (χ0n) is 41.7. The molecular formula is C51H70N4O12S2. The van der Waals surface area contributed by atoms with E-state index in [2.05, 4.69) is 37.5 Å². The second-order valence-corrected chi connectivity index (χ2v) is 21.2. The largest absolute Gasteiger partial charge is 0.477 e. The van der Waals surface area contributed by atoms with Crippen LogP contribution in [0.3, 0.4) is 0 Å². The summed E-state index contributed by atoms with van der Waals surface area (Å²) in [5.41, 5.74) is -0.751. The number of anilines is 2. The van der Waals surface area contributed by atoms with Crippen LogP contribution in [0.5, 0.6) is 0 Å². The molecule has 378 valence electrons. The van der Waals surface area contributed by atoms with Crippen LogP contribution < -0.4 is 9.80 Å². The molecule has 0 aromatic carbocycles. The lowest BCUT2D eigenvalue weighted by Crippen LogP contribution is -2.49. The maximum absolute atomic E-state index is 13.8. The number of morpholine rings is 2. The van der Waals surface area contributed by atoms with Gasteiger partial charge in [0, 0.05) is 52.2 Å². The molecule has 2 saturated heterocycles. The lowest BCUT2D eigenvalue weighted by molar-refractivity contribution is -0.135. The van der Waals surface area contributed by atoms with Crippen LogP contribution in [0.15, 0.2) is 12.1 Å². The summed E-state index contributed by atoms with van der Waals surface area (Å²) in [4.78, 5) is 86.2. The van der Waals surface area contributed by atoms with Crippen molar-refractivity contribution in [3.05, 3.63) is 31.6 Å². The third-order valence-corrected chi connectivity index (χ3v) is 15.2. The molecule has 69 heavy (non-hydrogen) atoms. The van der Waals surface area contributed by atoms with Gasteiger partial charge in [0.2, 0.25) is 23.6 Å². The average molecular weight is 995 g/mol. The maximum atomic E-state index is 13.8. The molecule has 0 radical (unpaired) electrons. The molecule has 4 fully saturated rings. The predicted molar refractivity (Wildman–Crippen MR) is 265 cm³/mol. The highest BCUT2D eigenvalue weighted by Crippen LogP contribution is 2.37. The van der Waals surface area contributed by atoms with Crippen LogP contribution in [0.2, 0.25) is 0 Å². The van der Waals surface area contributed by atoms with Gasteiger partial charge in [-0.3, -0.25) is 19.2 Å². The molecule has 16 nitrogen and oxygen atoms in total. The fourth-order valence-electron chi connectivity index (χ4n) is 8.32. The van der Waals surface area contributed by atoms with E-state index in [1.54, 1.807) is 36.2 Å². The molecule has 4 amide bonds. The van der Waals surface area contributed by atoms with E-state index in [-0.39, 0.29) is 64.0 Å². The molecule has 2 aromatic heterocycles. The van der Waals surface area contributed by atoms with E-state index in [1.165, 1.54) is 16.9 Å². The van der Waals surface area contributed by atoms with Gasteiger partial charge in [-0.05, 0) is 103 Å². The van der Waals surface area contributed by atoms with Crippen molar-refractivity contribution in [2.45, 2.75) is 104 Å². The first-order valence-corrected chi connectivity index (χ1v) is 25.5. The van der Waals surface area contributed by atoms with E-state index in [4.69, 9.17) is 23.7 Å². The summed E-state index contributed by atoms with van der Waals surface area (Å²) in [7, 11) is 4.44. The van der Waals surface area contributed by atoms with E-state index < -0.39 is 23.1 Å². The second kappa shape index (κ2) is 25.3. The summed E-state index contributed by atoms with van der Waals surface area (Å²) in [6, 6.07) is 3.33. The van der Waals surface area contributed by atoms with Crippen molar-refractivity contribution in [3.8, 4) is 23.7 Å². The van der Waals surface area contributed by atoms with Gasteiger partial charge in [0.15, 0.2) is 0 Å². The van der Waals surface area contributed by atoms with Crippen LogP contribution in [-0.2, 0) is 42.9 Å². The van der Waals surface area contributed by atoms with E-state index >= 15 is 0 Å². The van der Waals surface area contributed by atoms with Crippen LogP contribution in [0.1, 0.15) is 122 Å². The molecule has 0 spiro atoms. The summed E-state index contributed by atoms with van der Waals surface area (Å²) >= 11 is 2.16. The number of methoxy groups -OCH3 is 3. The molecule has 0 unspecified atom stereocenters. The maximum Gasteiger partial charge on any atom is 0.350 e. The number of carboxylic acid groups (broad SMARTS) is 1. The molecular weight excluding hydrogens is 925 g/mol. The third-order valence-electron chi connectivity index (χ3n) is 13.1. The van der Waals surface area contributed by atoms with E-state index in [0.29, 0.717) is 79.9 Å². The number of carbonyl (C=O) groups excluding carboxylic acids is 5. The van der Waals surface area contributed by atoms with E-state index in [9.17, 15) is 33.9 Å². The first-order chi connectivity index (χ1) is 32.8. The SMILES string of the molecule is COC(=O)c1sc(C#CC(C)(C)OC)cc1N(CC(=O)N1CCOCC1)C(=O)C1CCC(C)CC1.COC(C)(C)C#Cc1cc(N(CC(=O)N2CCOCC2)C(=O)C2CCC(C)CC2)c(C(=O)O)s1. The van der Waals surface area contributed by atoms with Gasteiger partial charge in [-0.25, -0.2) is 9.59 Å². The number of hydrogen-bond donors (Lipinski definition) is 1. The number of amides is 4. The minimum absolute atomic E-state index is 0.00632. The van der Waals surface area contributed by atoms with Gasteiger partial charge in [-0.2, -0.15) is 0 Å². The van der Waals surface area contributed by atoms with Crippen molar-refractivity contribution < 1.29 is 57.6 Å². The van der Waals surface area contributed by atoms with Crippen molar-refractivity contribution in [2.24, 2.45) is 23.7 Å². The minimum Gasteiger partial charge on any atom is -0.477 e. The Morgan fingerprint density at radius 1 is 0.638 bits per heavy atom. The zero-order valence-corrected chi connectivity index (χ0v) is 43.4. The van der Waals surface area contributed by atoms with Gasteiger partial charge in [-0.15, -0.1) is 22.7 Å². The van der Waals surface area contributed by atoms with E-state index in [1.807, 2.05) is 27.7 Å². The fourth-order valence-corrected chi connectivity index (χ4v) is 10.1. The van der Waals surface area contributed by atoms with Gasteiger partial charge < -0.3 is 48.4 Å². The van der Waals surface area contributed by atoms with Crippen LogP contribution in [0.25, 0.3) is 0 Å². The Hall–Kier alpha value is -4.82. The third kappa shape index (κ3) is 15.6. The monoisotopic (exact) mass is 994 g/mol. The Balaban J connectivity index is 0.000000258. The Kier molecular flexibility index (Phi) is 20.2. The molecule has 2 aliphatic heterocycles. The molecule has 2 saturated carbocycles. The number of hydrogen-bond acceptors (Lipinski definition) is 13. The first-order valence-electron chi connectivity index (χ1n) is 23.9. The molecule has 0 bridgehead atoms. The summed E-state index contributed by atoms with van der Waals surface area (Å²) in [6.45, 7) is 15.1. The highest BCUT2D eigenvalue weighted by atomic mass is 32.1. The number of esters is 1. The molecule has 6 rings (SSSR count). The normalized spacial score (nSPS) is 20.7. The highest BCUT2D eigenvalue weighted by Gasteiger charge is 2.36. The lowest BCUT2D eigenvalue weighted by atomic mass is 9.82. The number of aromatic carboxylic acids is 1. The van der Waals surface area contributed by atoms with Crippen molar-refractivity contribution in [1.29, 1.82) is 0 Å². The Morgan fingerprint density at radius 2 is 1.00 bits per heavy atom. The molecule has 2 aliphatic carbocycles.